The van der Waals surface area contributed by atoms with Crippen molar-refractivity contribution in [2.24, 2.45) is 0 Å². The van der Waals surface area contributed by atoms with Crippen molar-refractivity contribution >= 4 is 5.69 Å². The minimum atomic E-state index is 0.0372. The lowest BCUT2D eigenvalue weighted by molar-refractivity contribution is 0.256. The fraction of sp³-hybridized carbons (Fsp3) is 0.514. The van der Waals surface area contributed by atoms with Crippen molar-refractivity contribution in [3.05, 3.63) is 70.8 Å². The van der Waals surface area contributed by atoms with Crippen LogP contribution in [0, 0.1) is 20.8 Å². The Kier molecular flexibility index (Phi) is 8.28. The fourth-order valence-corrected chi connectivity index (χ4v) is 6.17. The van der Waals surface area contributed by atoms with Crippen molar-refractivity contribution in [3.8, 4) is 28.4 Å². The molecule has 0 amide bonds. The maximum atomic E-state index is 6.33. The Hall–Kier alpha value is -3.34. The van der Waals surface area contributed by atoms with Crippen LogP contribution in [0.2, 0.25) is 0 Å². The molecule has 5 heterocycles. The highest BCUT2D eigenvalue weighted by atomic mass is 16.6. The second kappa shape index (κ2) is 12.7. The second-order valence-corrected chi connectivity index (χ2v) is 13.3. The smallest absolute Gasteiger partial charge is 0.125 e. The van der Waals surface area contributed by atoms with Crippen molar-refractivity contribution in [3.63, 3.8) is 0 Å². The highest BCUT2D eigenvalue weighted by Gasteiger charge is 2.40. The van der Waals surface area contributed by atoms with E-state index in [4.69, 9.17) is 37.9 Å². The first kappa shape index (κ1) is 30.0. The standard InChI is InChI=1S/C37H43NO8/c1-22-8-25(9-23(2)36(22)44-19-32-17-41-32)26-10-24(3)37(45-20-33-18-42-33)27(11-26)12-34-35(46-34)21-43-29-6-4-28(5-7-29)38(13-30-15-39-30)14-31-16-40-31/h4-11,30-35H,12-21H2,1-3H3. The minimum absolute atomic E-state index is 0.0372. The summed E-state index contributed by atoms with van der Waals surface area (Å²) in [6, 6.07) is 17.2. The summed E-state index contributed by atoms with van der Waals surface area (Å²) in [5.74, 6) is 2.72. The summed E-state index contributed by atoms with van der Waals surface area (Å²) in [7, 11) is 0. The van der Waals surface area contributed by atoms with Crippen LogP contribution in [0.4, 0.5) is 5.69 Å². The summed E-state index contributed by atoms with van der Waals surface area (Å²) in [5.41, 5.74) is 8.00. The van der Waals surface area contributed by atoms with Gasteiger partial charge >= 0.3 is 0 Å². The number of hydrogen-bond donors (Lipinski definition) is 0. The lowest BCUT2D eigenvalue weighted by Gasteiger charge is -2.23. The van der Waals surface area contributed by atoms with Gasteiger partial charge in [0.25, 0.3) is 0 Å². The van der Waals surface area contributed by atoms with Crippen molar-refractivity contribution < 1.29 is 37.9 Å². The first-order valence-corrected chi connectivity index (χ1v) is 16.6. The Balaban J connectivity index is 0.923. The molecule has 6 unspecified atom stereocenters. The summed E-state index contributed by atoms with van der Waals surface area (Å²) in [6.45, 7) is 13.1. The minimum Gasteiger partial charge on any atom is -0.491 e. The van der Waals surface area contributed by atoms with E-state index in [2.05, 4.69) is 62.1 Å². The average molecular weight is 630 g/mol. The largest absolute Gasteiger partial charge is 0.491 e. The predicted molar refractivity (Wildman–Crippen MR) is 173 cm³/mol. The van der Waals surface area contributed by atoms with E-state index in [0.29, 0.717) is 32.0 Å². The molecule has 8 rings (SSSR count). The van der Waals surface area contributed by atoms with Gasteiger partial charge in [-0.1, -0.05) is 0 Å². The molecule has 3 aromatic rings. The van der Waals surface area contributed by atoms with Crippen molar-refractivity contribution in [2.45, 2.75) is 63.8 Å². The molecule has 0 bridgehead atoms. The quantitative estimate of drug-likeness (QED) is 0.195. The molecule has 0 spiro atoms. The Morgan fingerprint density at radius 3 is 1.70 bits per heavy atom. The molecule has 5 aliphatic rings. The maximum absolute atomic E-state index is 6.33. The molecule has 0 saturated carbocycles. The molecule has 9 nitrogen and oxygen atoms in total. The fourth-order valence-electron chi connectivity index (χ4n) is 6.17. The number of ether oxygens (including phenoxy) is 8. The van der Waals surface area contributed by atoms with Gasteiger partial charge in [-0.15, -0.1) is 0 Å². The summed E-state index contributed by atoms with van der Waals surface area (Å²) in [6.07, 6.45) is 1.94. The van der Waals surface area contributed by atoms with Gasteiger partial charge in [0.15, 0.2) is 0 Å². The molecular formula is C37H43NO8. The molecule has 46 heavy (non-hydrogen) atoms. The van der Waals surface area contributed by atoms with Crippen molar-refractivity contribution in [2.75, 3.05) is 64.2 Å². The number of nitrogens with zero attached hydrogens (tertiary/aromatic N) is 1. The topological polar surface area (TPSA) is 93.6 Å². The lowest BCUT2D eigenvalue weighted by Crippen LogP contribution is -2.31. The molecular weight excluding hydrogens is 586 g/mol. The molecule has 6 atom stereocenters. The Labute approximate surface area is 270 Å². The van der Waals surface area contributed by atoms with Crippen LogP contribution in [-0.4, -0.2) is 96.0 Å². The number of rotatable bonds is 17. The Morgan fingerprint density at radius 2 is 1.13 bits per heavy atom. The van der Waals surface area contributed by atoms with E-state index in [9.17, 15) is 0 Å². The molecule has 0 radical (unpaired) electrons. The zero-order valence-electron chi connectivity index (χ0n) is 26.9. The van der Waals surface area contributed by atoms with Crippen LogP contribution in [0.3, 0.4) is 0 Å². The third-order valence-electron chi connectivity index (χ3n) is 9.15. The zero-order chi connectivity index (χ0) is 31.2. The Morgan fingerprint density at radius 1 is 0.609 bits per heavy atom. The van der Waals surface area contributed by atoms with Gasteiger partial charge in [-0.05, 0) is 103 Å². The van der Waals surface area contributed by atoms with Crippen LogP contribution in [0.25, 0.3) is 11.1 Å². The molecule has 5 fully saturated rings. The third-order valence-corrected chi connectivity index (χ3v) is 9.15. The van der Waals surface area contributed by atoms with Gasteiger partial charge < -0.3 is 42.8 Å². The second-order valence-electron chi connectivity index (χ2n) is 13.3. The number of benzene rings is 3. The van der Waals surface area contributed by atoms with Gasteiger partial charge in [0.05, 0.1) is 44.7 Å². The SMILES string of the molecule is Cc1cc(-c2cc(C)c(OCC3CO3)c(CC3OC3COc3ccc(N(CC4CO4)CC4CO4)cc3)c2)cc(C)c1OCC1CO1. The summed E-state index contributed by atoms with van der Waals surface area (Å²) in [4.78, 5) is 2.35. The molecule has 0 aromatic heterocycles. The molecule has 9 heteroatoms. The molecule has 244 valence electrons. The third kappa shape index (κ3) is 7.61. The molecule has 3 aromatic carbocycles. The van der Waals surface area contributed by atoms with E-state index in [1.54, 1.807) is 0 Å². The van der Waals surface area contributed by atoms with Gasteiger partial charge in [-0.2, -0.15) is 0 Å². The van der Waals surface area contributed by atoms with Crippen molar-refractivity contribution in [1.29, 1.82) is 0 Å². The van der Waals surface area contributed by atoms with Crippen LogP contribution in [0.1, 0.15) is 22.3 Å². The monoisotopic (exact) mass is 629 g/mol. The molecule has 5 aliphatic heterocycles. The van der Waals surface area contributed by atoms with Gasteiger partial charge in [0, 0.05) is 25.2 Å². The normalized spacial score (nSPS) is 26.8. The first-order chi connectivity index (χ1) is 22.4. The Bertz CT molecular complexity index is 1510. The van der Waals surface area contributed by atoms with Crippen LogP contribution in [-0.2, 0) is 30.1 Å². The first-order valence-electron chi connectivity index (χ1n) is 16.6. The van der Waals surface area contributed by atoms with Gasteiger partial charge in [-0.25, -0.2) is 0 Å². The number of hydrogen-bond acceptors (Lipinski definition) is 9. The van der Waals surface area contributed by atoms with Crippen LogP contribution in [0.5, 0.6) is 17.2 Å². The highest BCUT2D eigenvalue weighted by molar-refractivity contribution is 5.70. The van der Waals surface area contributed by atoms with E-state index >= 15 is 0 Å². The van der Waals surface area contributed by atoms with Crippen LogP contribution >= 0.6 is 0 Å². The van der Waals surface area contributed by atoms with Gasteiger partial charge in [-0.3, -0.25) is 0 Å². The maximum Gasteiger partial charge on any atom is 0.125 e. The molecule has 0 aliphatic carbocycles. The number of aryl methyl sites for hydroxylation is 3. The highest BCUT2D eigenvalue weighted by Crippen LogP contribution is 2.38. The lowest BCUT2D eigenvalue weighted by atomic mass is 9.94. The number of epoxide rings is 5. The van der Waals surface area contributed by atoms with E-state index in [-0.39, 0.29) is 24.4 Å². The zero-order valence-corrected chi connectivity index (χ0v) is 26.9. The van der Waals surface area contributed by atoms with Crippen LogP contribution in [0.15, 0.2) is 48.5 Å². The van der Waals surface area contributed by atoms with E-state index in [0.717, 1.165) is 91.0 Å². The molecule has 5 saturated heterocycles. The summed E-state index contributed by atoms with van der Waals surface area (Å²) < 4.78 is 46.4. The molecule has 0 N–H and O–H groups in total. The number of anilines is 1. The van der Waals surface area contributed by atoms with E-state index in [1.165, 1.54) is 11.3 Å². The predicted octanol–water partition coefficient (Wildman–Crippen LogP) is 4.83. The van der Waals surface area contributed by atoms with Crippen molar-refractivity contribution in [1.82, 2.24) is 0 Å². The summed E-state index contributed by atoms with van der Waals surface area (Å²) >= 11 is 0. The van der Waals surface area contributed by atoms with E-state index < -0.39 is 0 Å². The summed E-state index contributed by atoms with van der Waals surface area (Å²) in [5, 5.41) is 0. The average Bonchev–Trinajstić information content (AvgIpc) is 3.85. The van der Waals surface area contributed by atoms with Gasteiger partial charge in [0.2, 0.25) is 0 Å². The van der Waals surface area contributed by atoms with E-state index in [1.807, 2.05) is 12.1 Å². The van der Waals surface area contributed by atoms with Gasteiger partial charge in [0.1, 0.15) is 55.4 Å². The van der Waals surface area contributed by atoms with Crippen LogP contribution < -0.4 is 19.1 Å².